The number of nitrogens with zero attached hydrogens (tertiary/aromatic N) is 2. The lowest BCUT2D eigenvalue weighted by Crippen LogP contribution is -2.43. The van der Waals surface area contributed by atoms with Gasteiger partial charge in [-0.05, 0) is 18.9 Å². The number of likely N-dealkylation sites (N-methyl/N-ethyl adjacent to an activating group) is 1. The molecular weight excluding hydrogens is 238 g/mol. The molecule has 2 rings (SSSR count). The summed E-state index contributed by atoms with van der Waals surface area (Å²) < 4.78 is 0. The highest BCUT2D eigenvalue weighted by atomic mass is 16.2. The highest BCUT2D eigenvalue weighted by Gasteiger charge is 2.28. The molecule has 2 unspecified atom stereocenters. The van der Waals surface area contributed by atoms with Crippen molar-refractivity contribution in [2.45, 2.75) is 25.4 Å². The van der Waals surface area contributed by atoms with Gasteiger partial charge in [-0.2, -0.15) is 0 Å². The number of carbonyl (C=O) groups excluding carboxylic acids is 1. The van der Waals surface area contributed by atoms with Gasteiger partial charge >= 0.3 is 0 Å². The van der Waals surface area contributed by atoms with Crippen molar-refractivity contribution in [3.05, 3.63) is 35.9 Å². The monoisotopic (exact) mass is 261 g/mol. The summed E-state index contributed by atoms with van der Waals surface area (Å²) >= 11 is 0. The van der Waals surface area contributed by atoms with Gasteiger partial charge in [0.1, 0.15) is 0 Å². The van der Waals surface area contributed by atoms with Crippen molar-refractivity contribution >= 4 is 5.91 Å². The van der Waals surface area contributed by atoms with E-state index in [0.717, 1.165) is 19.5 Å². The van der Waals surface area contributed by atoms with Gasteiger partial charge in [-0.15, -0.1) is 0 Å². The summed E-state index contributed by atoms with van der Waals surface area (Å²) in [5.41, 5.74) is 7.35. The smallest absolute Gasteiger partial charge is 0.236 e. The van der Waals surface area contributed by atoms with Crippen LogP contribution >= 0.6 is 0 Å². The molecule has 1 saturated heterocycles. The first-order valence-corrected chi connectivity index (χ1v) is 6.88. The molecule has 2 atom stereocenters. The van der Waals surface area contributed by atoms with E-state index in [-0.39, 0.29) is 18.0 Å². The van der Waals surface area contributed by atoms with E-state index < -0.39 is 0 Å². The van der Waals surface area contributed by atoms with Crippen molar-refractivity contribution in [3.8, 4) is 0 Å². The molecule has 0 spiro atoms. The second-order valence-corrected chi connectivity index (χ2v) is 5.35. The SMILES string of the molecule is CC(N)C(c1ccccc1)N1CCCN(C)C(=O)C1. The molecule has 2 N–H and O–H groups in total. The van der Waals surface area contributed by atoms with Gasteiger partial charge in [-0.25, -0.2) is 0 Å². The summed E-state index contributed by atoms with van der Waals surface area (Å²) in [6, 6.07) is 10.3. The lowest BCUT2D eigenvalue weighted by molar-refractivity contribution is -0.130. The Morgan fingerprint density at radius 3 is 2.53 bits per heavy atom. The van der Waals surface area contributed by atoms with Crippen LogP contribution in [0.2, 0.25) is 0 Å². The second-order valence-electron chi connectivity index (χ2n) is 5.35. The molecule has 1 aliphatic rings. The lowest BCUT2D eigenvalue weighted by Gasteiger charge is -2.33. The van der Waals surface area contributed by atoms with Crippen molar-refractivity contribution in [2.75, 3.05) is 26.7 Å². The maximum Gasteiger partial charge on any atom is 0.236 e. The second kappa shape index (κ2) is 6.17. The zero-order chi connectivity index (χ0) is 13.8. The zero-order valence-corrected chi connectivity index (χ0v) is 11.7. The Hall–Kier alpha value is -1.39. The number of carbonyl (C=O) groups is 1. The summed E-state index contributed by atoms with van der Waals surface area (Å²) in [5.74, 6) is 0.180. The first-order chi connectivity index (χ1) is 9.09. The van der Waals surface area contributed by atoms with Crippen LogP contribution in [0.3, 0.4) is 0 Å². The van der Waals surface area contributed by atoms with E-state index in [9.17, 15) is 4.79 Å². The maximum absolute atomic E-state index is 12.0. The predicted molar refractivity (Wildman–Crippen MR) is 76.7 cm³/mol. The Kier molecular flexibility index (Phi) is 4.56. The van der Waals surface area contributed by atoms with Gasteiger partial charge < -0.3 is 10.6 Å². The summed E-state index contributed by atoms with van der Waals surface area (Å²) in [5, 5.41) is 0. The average molecular weight is 261 g/mol. The van der Waals surface area contributed by atoms with E-state index in [1.807, 2.05) is 37.1 Å². The normalized spacial score (nSPS) is 21.0. The van der Waals surface area contributed by atoms with Crippen molar-refractivity contribution in [3.63, 3.8) is 0 Å². The molecule has 104 valence electrons. The Morgan fingerprint density at radius 2 is 1.89 bits per heavy atom. The van der Waals surface area contributed by atoms with Crippen LogP contribution in [0.4, 0.5) is 0 Å². The van der Waals surface area contributed by atoms with Crippen LogP contribution in [0, 0.1) is 0 Å². The molecule has 1 heterocycles. The molecule has 4 heteroatoms. The number of amides is 1. The Bertz CT molecular complexity index is 419. The third-order valence-electron chi connectivity index (χ3n) is 3.74. The van der Waals surface area contributed by atoms with Crippen LogP contribution in [0.25, 0.3) is 0 Å². The Balaban J connectivity index is 2.22. The maximum atomic E-state index is 12.0. The standard InChI is InChI=1S/C15H23N3O/c1-12(16)15(13-7-4-3-5-8-13)18-10-6-9-17(2)14(19)11-18/h3-5,7-8,12,15H,6,9-11,16H2,1-2H3. The molecule has 19 heavy (non-hydrogen) atoms. The zero-order valence-electron chi connectivity index (χ0n) is 11.7. The molecule has 0 aromatic heterocycles. The summed E-state index contributed by atoms with van der Waals surface area (Å²) in [6.45, 7) is 4.21. The van der Waals surface area contributed by atoms with Crippen molar-refractivity contribution in [2.24, 2.45) is 5.73 Å². The molecule has 1 aromatic rings. The van der Waals surface area contributed by atoms with Gasteiger partial charge in [0, 0.05) is 26.2 Å². The first-order valence-electron chi connectivity index (χ1n) is 6.88. The van der Waals surface area contributed by atoms with Gasteiger partial charge in [-0.1, -0.05) is 30.3 Å². The van der Waals surface area contributed by atoms with Gasteiger partial charge in [0.15, 0.2) is 0 Å². The summed E-state index contributed by atoms with van der Waals surface area (Å²) in [4.78, 5) is 16.0. The minimum Gasteiger partial charge on any atom is -0.345 e. The summed E-state index contributed by atoms with van der Waals surface area (Å²) in [7, 11) is 1.87. The lowest BCUT2D eigenvalue weighted by atomic mass is 9.99. The van der Waals surface area contributed by atoms with Gasteiger partial charge in [0.25, 0.3) is 0 Å². The minimum absolute atomic E-state index is 0.00129. The van der Waals surface area contributed by atoms with Crippen molar-refractivity contribution in [1.82, 2.24) is 9.80 Å². The van der Waals surface area contributed by atoms with E-state index in [2.05, 4.69) is 17.0 Å². The van der Waals surface area contributed by atoms with E-state index in [1.165, 1.54) is 5.56 Å². The highest BCUT2D eigenvalue weighted by molar-refractivity contribution is 5.78. The van der Waals surface area contributed by atoms with Crippen molar-refractivity contribution in [1.29, 1.82) is 0 Å². The fourth-order valence-corrected chi connectivity index (χ4v) is 2.74. The van der Waals surface area contributed by atoms with Gasteiger partial charge in [0.2, 0.25) is 5.91 Å². The topological polar surface area (TPSA) is 49.6 Å². The number of rotatable bonds is 3. The van der Waals surface area contributed by atoms with E-state index in [0.29, 0.717) is 6.54 Å². The summed E-state index contributed by atoms with van der Waals surface area (Å²) in [6.07, 6.45) is 0.998. The molecular formula is C15H23N3O. The van der Waals surface area contributed by atoms with Gasteiger partial charge in [0.05, 0.1) is 12.6 Å². The average Bonchev–Trinajstić information content (AvgIpc) is 2.53. The molecule has 1 fully saturated rings. The largest absolute Gasteiger partial charge is 0.345 e. The van der Waals surface area contributed by atoms with Crippen LogP contribution in [-0.2, 0) is 4.79 Å². The molecule has 0 bridgehead atoms. The van der Waals surface area contributed by atoms with E-state index in [1.54, 1.807) is 0 Å². The Morgan fingerprint density at radius 1 is 1.21 bits per heavy atom. The molecule has 0 saturated carbocycles. The molecule has 0 radical (unpaired) electrons. The quantitative estimate of drug-likeness (QED) is 0.890. The van der Waals surface area contributed by atoms with Crippen LogP contribution in [0.1, 0.15) is 24.9 Å². The molecule has 1 amide bonds. The predicted octanol–water partition coefficient (Wildman–Crippen LogP) is 1.24. The van der Waals surface area contributed by atoms with E-state index >= 15 is 0 Å². The number of benzene rings is 1. The van der Waals surface area contributed by atoms with Crippen LogP contribution in [-0.4, -0.2) is 48.4 Å². The number of nitrogens with two attached hydrogens (primary N) is 1. The minimum atomic E-state index is -0.00129. The third kappa shape index (κ3) is 3.33. The van der Waals surface area contributed by atoms with Crippen LogP contribution in [0.15, 0.2) is 30.3 Å². The highest BCUT2D eigenvalue weighted by Crippen LogP contribution is 2.24. The molecule has 4 nitrogen and oxygen atoms in total. The van der Waals surface area contributed by atoms with E-state index in [4.69, 9.17) is 5.73 Å². The van der Waals surface area contributed by atoms with Crippen LogP contribution < -0.4 is 5.73 Å². The fraction of sp³-hybridized carbons (Fsp3) is 0.533. The molecule has 1 aromatic carbocycles. The first kappa shape index (κ1) is 14.0. The number of hydrogen-bond donors (Lipinski definition) is 1. The third-order valence-corrected chi connectivity index (χ3v) is 3.74. The number of hydrogen-bond acceptors (Lipinski definition) is 3. The fourth-order valence-electron chi connectivity index (χ4n) is 2.74. The Labute approximate surface area is 115 Å². The molecule has 1 aliphatic heterocycles. The van der Waals surface area contributed by atoms with Crippen LogP contribution in [0.5, 0.6) is 0 Å². The van der Waals surface area contributed by atoms with Crippen molar-refractivity contribution < 1.29 is 4.79 Å². The molecule has 0 aliphatic carbocycles. The van der Waals surface area contributed by atoms with Gasteiger partial charge in [-0.3, -0.25) is 9.69 Å².